The quantitative estimate of drug-likeness (QED) is 0.772. The number of hydrogen-bond acceptors (Lipinski definition) is 3. The number of hydroxylamine groups is 1. The lowest BCUT2D eigenvalue weighted by Crippen LogP contribution is -2.28. The van der Waals surface area contributed by atoms with E-state index in [-0.39, 0.29) is 11.8 Å². The second kappa shape index (κ2) is 6.91. The number of carbonyl (C=O) groups excluding carboxylic acids is 1. The summed E-state index contributed by atoms with van der Waals surface area (Å²) in [4.78, 5) is 16.5. The van der Waals surface area contributed by atoms with E-state index in [4.69, 9.17) is 9.57 Å². The van der Waals surface area contributed by atoms with Gasteiger partial charge in [-0.1, -0.05) is 26.0 Å². The molecule has 0 fully saturated rings. The van der Waals surface area contributed by atoms with Gasteiger partial charge in [0.1, 0.15) is 5.75 Å². The average molecular weight is 237 g/mol. The molecular formula is C13H19NO3. The molecule has 0 bridgehead atoms. The molecule has 1 unspecified atom stereocenters. The lowest BCUT2D eigenvalue weighted by Gasteiger charge is -2.10. The Labute approximate surface area is 102 Å². The minimum absolute atomic E-state index is 0.0223. The summed E-state index contributed by atoms with van der Waals surface area (Å²) in [5, 5.41) is 0. The van der Waals surface area contributed by atoms with Gasteiger partial charge in [0.25, 0.3) is 0 Å². The van der Waals surface area contributed by atoms with Crippen LogP contribution in [0.1, 0.15) is 25.8 Å². The molecule has 1 atom stereocenters. The molecule has 1 aromatic rings. The van der Waals surface area contributed by atoms with E-state index >= 15 is 0 Å². The van der Waals surface area contributed by atoms with Crippen LogP contribution in [0.25, 0.3) is 0 Å². The fourth-order valence-corrected chi connectivity index (χ4v) is 1.20. The van der Waals surface area contributed by atoms with Crippen LogP contribution in [0.3, 0.4) is 0 Å². The highest BCUT2D eigenvalue weighted by atomic mass is 16.6. The topological polar surface area (TPSA) is 47.6 Å². The van der Waals surface area contributed by atoms with E-state index in [1.54, 1.807) is 7.11 Å². The van der Waals surface area contributed by atoms with Crippen molar-refractivity contribution in [3.05, 3.63) is 29.8 Å². The first kappa shape index (κ1) is 13.5. The second-order valence-electron chi connectivity index (χ2n) is 3.91. The lowest BCUT2D eigenvalue weighted by atomic mass is 10.1. The van der Waals surface area contributed by atoms with Crippen LogP contribution >= 0.6 is 0 Å². The third-order valence-electron chi connectivity index (χ3n) is 2.63. The maximum absolute atomic E-state index is 11.4. The average Bonchev–Trinajstić information content (AvgIpc) is 2.38. The number of nitrogens with one attached hydrogen (secondary N) is 1. The van der Waals surface area contributed by atoms with Crippen LogP contribution in [0.2, 0.25) is 0 Å². The predicted octanol–water partition coefficient (Wildman–Crippen LogP) is 2.29. The maximum atomic E-state index is 11.4. The highest BCUT2D eigenvalue weighted by Crippen LogP contribution is 2.11. The monoisotopic (exact) mass is 237 g/mol. The van der Waals surface area contributed by atoms with E-state index in [9.17, 15) is 4.79 Å². The summed E-state index contributed by atoms with van der Waals surface area (Å²) in [5.74, 6) is 0.698. The van der Waals surface area contributed by atoms with Crippen LogP contribution in [-0.4, -0.2) is 13.0 Å². The number of amides is 1. The Hall–Kier alpha value is -1.55. The molecule has 0 spiro atoms. The molecule has 1 amide bonds. The summed E-state index contributed by atoms with van der Waals surface area (Å²) in [6, 6.07) is 7.51. The first-order valence-corrected chi connectivity index (χ1v) is 5.72. The van der Waals surface area contributed by atoms with E-state index < -0.39 is 0 Å². The number of methoxy groups -OCH3 is 1. The third-order valence-corrected chi connectivity index (χ3v) is 2.63. The Morgan fingerprint density at radius 2 is 2.00 bits per heavy atom. The van der Waals surface area contributed by atoms with Gasteiger partial charge in [-0.05, 0) is 24.1 Å². The van der Waals surface area contributed by atoms with Crippen molar-refractivity contribution in [2.24, 2.45) is 5.92 Å². The predicted molar refractivity (Wildman–Crippen MR) is 65.4 cm³/mol. The largest absolute Gasteiger partial charge is 0.497 e. The van der Waals surface area contributed by atoms with Crippen LogP contribution in [0, 0.1) is 5.92 Å². The Bertz CT molecular complexity index is 348. The summed E-state index contributed by atoms with van der Waals surface area (Å²) in [5.41, 5.74) is 3.42. The molecule has 0 aliphatic carbocycles. The molecule has 94 valence electrons. The zero-order valence-electron chi connectivity index (χ0n) is 10.5. The van der Waals surface area contributed by atoms with Crippen molar-refractivity contribution in [1.82, 2.24) is 5.48 Å². The summed E-state index contributed by atoms with van der Waals surface area (Å²) in [6.45, 7) is 4.19. The van der Waals surface area contributed by atoms with E-state index in [0.29, 0.717) is 6.61 Å². The summed E-state index contributed by atoms with van der Waals surface area (Å²) in [7, 11) is 1.62. The fourth-order valence-electron chi connectivity index (χ4n) is 1.20. The Balaban J connectivity index is 2.33. The fraction of sp³-hybridized carbons (Fsp3) is 0.462. The molecule has 4 heteroatoms. The zero-order valence-corrected chi connectivity index (χ0v) is 10.5. The molecule has 0 aromatic heterocycles. The Morgan fingerprint density at radius 3 is 2.53 bits per heavy atom. The minimum atomic E-state index is -0.0824. The van der Waals surface area contributed by atoms with Crippen molar-refractivity contribution in [2.75, 3.05) is 7.11 Å². The van der Waals surface area contributed by atoms with Gasteiger partial charge in [0.2, 0.25) is 5.91 Å². The van der Waals surface area contributed by atoms with E-state index in [0.717, 1.165) is 17.7 Å². The number of ether oxygens (including phenoxy) is 1. The molecule has 0 saturated heterocycles. The van der Waals surface area contributed by atoms with Crippen molar-refractivity contribution in [1.29, 1.82) is 0 Å². The van der Waals surface area contributed by atoms with Crippen molar-refractivity contribution in [2.45, 2.75) is 26.9 Å². The van der Waals surface area contributed by atoms with Crippen molar-refractivity contribution in [3.8, 4) is 5.75 Å². The first-order chi connectivity index (χ1) is 8.17. The highest BCUT2D eigenvalue weighted by Gasteiger charge is 2.09. The zero-order chi connectivity index (χ0) is 12.7. The van der Waals surface area contributed by atoms with Gasteiger partial charge in [0.15, 0.2) is 0 Å². The molecule has 17 heavy (non-hydrogen) atoms. The molecular weight excluding hydrogens is 218 g/mol. The molecule has 1 rings (SSSR count). The number of benzene rings is 1. The van der Waals surface area contributed by atoms with Crippen molar-refractivity contribution >= 4 is 5.91 Å². The Kier molecular flexibility index (Phi) is 5.49. The first-order valence-electron chi connectivity index (χ1n) is 5.72. The normalized spacial score (nSPS) is 11.9. The van der Waals surface area contributed by atoms with Gasteiger partial charge >= 0.3 is 0 Å². The lowest BCUT2D eigenvalue weighted by molar-refractivity contribution is -0.138. The number of hydrogen-bond donors (Lipinski definition) is 1. The van der Waals surface area contributed by atoms with Gasteiger partial charge < -0.3 is 4.74 Å². The highest BCUT2D eigenvalue weighted by molar-refractivity contribution is 5.77. The van der Waals surface area contributed by atoms with E-state index in [1.807, 2.05) is 38.1 Å². The van der Waals surface area contributed by atoms with E-state index in [2.05, 4.69) is 5.48 Å². The minimum Gasteiger partial charge on any atom is -0.497 e. The van der Waals surface area contributed by atoms with Crippen LogP contribution in [0.4, 0.5) is 0 Å². The van der Waals surface area contributed by atoms with Crippen molar-refractivity contribution in [3.63, 3.8) is 0 Å². The molecule has 4 nitrogen and oxygen atoms in total. The van der Waals surface area contributed by atoms with Crippen LogP contribution < -0.4 is 10.2 Å². The standard InChI is InChI=1S/C13H19NO3/c1-4-10(2)13(15)14-17-9-11-5-7-12(16-3)8-6-11/h5-8,10H,4,9H2,1-3H3,(H,14,15). The maximum Gasteiger partial charge on any atom is 0.246 e. The van der Waals surface area contributed by atoms with Crippen LogP contribution in [-0.2, 0) is 16.2 Å². The van der Waals surface area contributed by atoms with Gasteiger partial charge in [0, 0.05) is 5.92 Å². The van der Waals surface area contributed by atoms with E-state index in [1.165, 1.54) is 0 Å². The second-order valence-corrected chi connectivity index (χ2v) is 3.91. The van der Waals surface area contributed by atoms with Gasteiger partial charge in [-0.3, -0.25) is 9.63 Å². The van der Waals surface area contributed by atoms with Crippen LogP contribution in [0.5, 0.6) is 5.75 Å². The molecule has 1 N–H and O–H groups in total. The van der Waals surface area contributed by atoms with Gasteiger partial charge in [-0.15, -0.1) is 0 Å². The molecule has 0 aliphatic heterocycles. The van der Waals surface area contributed by atoms with Gasteiger partial charge in [0.05, 0.1) is 13.7 Å². The Morgan fingerprint density at radius 1 is 1.35 bits per heavy atom. The molecule has 0 heterocycles. The third kappa shape index (κ3) is 4.44. The number of carbonyl (C=O) groups is 1. The van der Waals surface area contributed by atoms with Crippen LogP contribution in [0.15, 0.2) is 24.3 Å². The molecule has 1 aromatic carbocycles. The SMILES string of the molecule is CCC(C)C(=O)NOCc1ccc(OC)cc1. The van der Waals surface area contributed by atoms with Crippen molar-refractivity contribution < 1.29 is 14.4 Å². The summed E-state index contributed by atoms with van der Waals surface area (Å²) in [6.07, 6.45) is 0.803. The summed E-state index contributed by atoms with van der Waals surface area (Å²) < 4.78 is 5.05. The van der Waals surface area contributed by atoms with Gasteiger partial charge in [-0.25, -0.2) is 5.48 Å². The smallest absolute Gasteiger partial charge is 0.246 e. The molecule has 0 radical (unpaired) electrons. The molecule has 0 saturated carbocycles. The summed E-state index contributed by atoms with van der Waals surface area (Å²) >= 11 is 0. The molecule has 0 aliphatic rings. The number of rotatable bonds is 6. The van der Waals surface area contributed by atoms with Gasteiger partial charge in [-0.2, -0.15) is 0 Å².